The molecule has 2 saturated heterocycles. The van der Waals surface area contributed by atoms with E-state index in [0.717, 1.165) is 4.47 Å². The third kappa shape index (κ3) is 5.62. The van der Waals surface area contributed by atoms with Crippen LogP contribution in [0.2, 0.25) is 5.15 Å². The number of hydrogen-bond donors (Lipinski definition) is 0. The Morgan fingerprint density at radius 2 is 1.68 bits per heavy atom. The second-order valence-electron chi connectivity index (χ2n) is 6.85. The summed E-state index contributed by atoms with van der Waals surface area (Å²) >= 11 is 8.70. The van der Waals surface area contributed by atoms with Crippen LogP contribution in [0.15, 0.2) is 41.0 Å². The molecule has 3 heterocycles. The first kappa shape index (κ1) is 23.6. The number of carbonyl (C=O) groups excluding carboxylic acids is 1. The highest BCUT2D eigenvalue weighted by Crippen LogP contribution is 2.43. The zero-order chi connectivity index (χ0) is 23.0. The van der Waals surface area contributed by atoms with Gasteiger partial charge in [-0.15, -0.1) is 0 Å². The molecule has 12 heteroatoms. The Bertz CT molecular complexity index is 899. The molecule has 2 unspecified atom stereocenters. The Kier molecular flexibility index (Phi) is 6.75. The molecule has 2 atom stereocenters. The molecule has 1 amide bonds. The molecule has 0 saturated carbocycles. The number of pyridine rings is 1. The number of amides is 1. The predicted molar refractivity (Wildman–Crippen MR) is 102 cm³/mol. The van der Waals surface area contributed by atoms with Crippen LogP contribution in [0.25, 0.3) is 0 Å². The standard InChI is InChI=1S/C14H11F6NO2.C5H3BrClN/c15-13(16,17)8-4-7(5-9(6-8)14(18,19)20)11-10-2-1-3-21(10)12(22)23-11;6-4-1-2-5(7)8-3-4/h4-6,10-11H,1-3H2;1-3H. The Morgan fingerprint density at radius 3 is 2.16 bits per heavy atom. The zero-order valence-corrected chi connectivity index (χ0v) is 17.8. The maximum Gasteiger partial charge on any atom is 0.416 e. The van der Waals surface area contributed by atoms with Gasteiger partial charge in [-0.25, -0.2) is 9.78 Å². The second-order valence-corrected chi connectivity index (χ2v) is 8.15. The van der Waals surface area contributed by atoms with Gasteiger partial charge in [0.05, 0.1) is 17.2 Å². The molecule has 2 fully saturated rings. The fourth-order valence-electron chi connectivity index (χ4n) is 3.38. The van der Waals surface area contributed by atoms with Crippen LogP contribution >= 0.6 is 27.5 Å². The SMILES string of the molecule is Clc1ccc(Br)cn1.O=C1OC(c2cc(C(F)(F)F)cc(C(F)(F)F)c2)C2CCCN12. The van der Waals surface area contributed by atoms with E-state index in [-0.39, 0.29) is 11.6 Å². The lowest BCUT2D eigenvalue weighted by Crippen LogP contribution is -2.27. The van der Waals surface area contributed by atoms with E-state index in [0.29, 0.717) is 36.7 Å². The van der Waals surface area contributed by atoms with Crippen molar-refractivity contribution in [2.75, 3.05) is 6.54 Å². The monoisotopic (exact) mass is 530 g/mol. The van der Waals surface area contributed by atoms with Crippen molar-refractivity contribution in [2.45, 2.75) is 37.3 Å². The summed E-state index contributed by atoms with van der Waals surface area (Å²) < 4.78 is 83.2. The van der Waals surface area contributed by atoms with E-state index in [1.165, 1.54) is 4.90 Å². The van der Waals surface area contributed by atoms with E-state index in [2.05, 4.69) is 20.9 Å². The van der Waals surface area contributed by atoms with E-state index in [4.69, 9.17) is 16.3 Å². The minimum absolute atomic E-state index is 0.0622. The van der Waals surface area contributed by atoms with Crippen LogP contribution in [0.5, 0.6) is 0 Å². The largest absolute Gasteiger partial charge is 0.439 e. The summed E-state index contributed by atoms with van der Waals surface area (Å²) in [7, 11) is 0. The molecule has 2 aromatic rings. The number of cyclic esters (lactones) is 1. The first-order valence-electron chi connectivity index (χ1n) is 8.90. The highest BCUT2D eigenvalue weighted by molar-refractivity contribution is 9.10. The van der Waals surface area contributed by atoms with Gasteiger partial charge < -0.3 is 9.64 Å². The average molecular weight is 532 g/mol. The van der Waals surface area contributed by atoms with Crippen molar-refractivity contribution in [2.24, 2.45) is 0 Å². The third-order valence-electron chi connectivity index (χ3n) is 4.74. The van der Waals surface area contributed by atoms with E-state index in [1.807, 2.05) is 6.07 Å². The molecule has 1 aromatic carbocycles. The van der Waals surface area contributed by atoms with Crippen LogP contribution in [0.4, 0.5) is 31.1 Å². The smallest absolute Gasteiger partial charge is 0.416 e. The molecular weight excluding hydrogens is 518 g/mol. The lowest BCUT2D eigenvalue weighted by Gasteiger charge is -2.20. The van der Waals surface area contributed by atoms with Crippen molar-refractivity contribution in [3.8, 4) is 0 Å². The number of hydrogen-bond acceptors (Lipinski definition) is 3. The van der Waals surface area contributed by atoms with Gasteiger partial charge in [0.2, 0.25) is 0 Å². The van der Waals surface area contributed by atoms with Gasteiger partial charge in [0.1, 0.15) is 11.3 Å². The van der Waals surface area contributed by atoms with Gasteiger partial charge in [-0.2, -0.15) is 26.3 Å². The summed E-state index contributed by atoms with van der Waals surface area (Å²) in [6, 6.07) is 4.35. The number of carbonyl (C=O) groups is 1. The molecular formula is C19H14BrClF6N2O2. The van der Waals surface area contributed by atoms with Crippen molar-refractivity contribution in [3.05, 3.63) is 62.8 Å². The van der Waals surface area contributed by atoms with Crippen LogP contribution < -0.4 is 0 Å². The van der Waals surface area contributed by atoms with Gasteiger partial charge in [0, 0.05) is 17.2 Å². The summed E-state index contributed by atoms with van der Waals surface area (Å²) in [6.07, 6.45) is -8.89. The summed E-state index contributed by atoms with van der Waals surface area (Å²) in [5.41, 5.74) is -3.10. The van der Waals surface area contributed by atoms with Gasteiger partial charge in [0.25, 0.3) is 0 Å². The van der Waals surface area contributed by atoms with E-state index in [9.17, 15) is 31.1 Å². The number of nitrogens with zero attached hydrogens (tertiary/aromatic N) is 2. The third-order valence-corrected chi connectivity index (χ3v) is 5.43. The zero-order valence-electron chi connectivity index (χ0n) is 15.5. The van der Waals surface area contributed by atoms with Gasteiger partial charge in [-0.05, 0) is 64.7 Å². The van der Waals surface area contributed by atoms with Crippen molar-refractivity contribution >= 4 is 33.6 Å². The maximum absolute atomic E-state index is 12.9. The number of ether oxygens (including phenoxy) is 1. The molecule has 0 radical (unpaired) electrons. The van der Waals surface area contributed by atoms with Crippen molar-refractivity contribution in [3.63, 3.8) is 0 Å². The molecule has 31 heavy (non-hydrogen) atoms. The number of alkyl halides is 6. The molecule has 0 spiro atoms. The second kappa shape index (κ2) is 8.85. The molecule has 1 aromatic heterocycles. The topological polar surface area (TPSA) is 42.4 Å². The molecule has 2 aliphatic rings. The van der Waals surface area contributed by atoms with Crippen LogP contribution in [-0.4, -0.2) is 28.6 Å². The van der Waals surface area contributed by atoms with Crippen LogP contribution in [0.1, 0.15) is 35.6 Å². The van der Waals surface area contributed by atoms with Gasteiger partial charge in [0.15, 0.2) is 0 Å². The summed E-state index contributed by atoms with van der Waals surface area (Å²) in [5.74, 6) is 0. The fourth-order valence-corrected chi connectivity index (χ4v) is 3.73. The maximum atomic E-state index is 12.9. The first-order chi connectivity index (χ1) is 14.4. The number of fused-ring (bicyclic) bond motifs is 1. The number of rotatable bonds is 1. The quantitative estimate of drug-likeness (QED) is 0.298. The molecule has 4 nitrogen and oxygen atoms in total. The molecule has 168 valence electrons. The highest BCUT2D eigenvalue weighted by Gasteiger charge is 2.46. The molecule has 0 N–H and O–H groups in total. The number of halogens is 8. The fraction of sp³-hybridized carbons (Fsp3) is 0.368. The van der Waals surface area contributed by atoms with E-state index in [1.54, 1.807) is 12.3 Å². The summed E-state index contributed by atoms with van der Waals surface area (Å²) in [5, 5.41) is 0.521. The lowest BCUT2D eigenvalue weighted by atomic mass is 9.96. The minimum Gasteiger partial charge on any atom is -0.439 e. The molecule has 0 bridgehead atoms. The van der Waals surface area contributed by atoms with Crippen LogP contribution in [0.3, 0.4) is 0 Å². The lowest BCUT2D eigenvalue weighted by molar-refractivity contribution is -0.143. The minimum atomic E-state index is -4.92. The Balaban J connectivity index is 0.000000287. The number of benzene rings is 1. The van der Waals surface area contributed by atoms with Crippen molar-refractivity contribution in [1.29, 1.82) is 0 Å². The van der Waals surface area contributed by atoms with Gasteiger partial charge in [-0.1, -0.05) is 11.6 Å². The Hall–Kier alpha value is -2.01. The average Bonchev–Trinajstić information content (AvgIpc) is 3.27. The van der Waals surface area contributed by atoms with Gasteiger partial charge >= 0.3 is 18.4 Å². The predicted octanol–water partition coefficient (Wildman–Crippen LogP) is 6.88. The molecule has 0 aliphatic carbocycles. The highest BCUT2D eigenvalue weighted by atomic mass is 79.9. The first-order valence-corrected chi connectivity index (χ1v) is 10.1. The Labute approximate surface area is 186 Å². The summed E-state index contributed by atoms with van der Waals surface area (Å²) in [4.78, 5) is 16.8. The Morgan fingerprint density at radius 1 is 1.06 bits per heavy atom. The van der Waals surface area contributed by atoms with Crippen LogP contribution in [0, 0.1) is 0 Å². The van der Waals surface area contributed by atoms with E-state index >= 15 is 0 Å². The van der Waals surface area contributed by atoms with Crippen molar-refractivity contribution in [1.82, 2.24) is 9.88 Å². The molecule has 2 aliphatic heterocycles. The van der Waals surface area contributed by atoms with E-state index < -0.39 is 41.7 Å². The summed E-state index contributed by atoms with van der Waals surface area (Å²) in [6.45, 7) is 0.394. The van der Waals surface area contributed by atoms with Crippen molar-refractivity contribution < 1.29 is 35.9 Å². The number of aromatic nitrogens is 1. The normalized spacial score (nSPS) is 20.8. The van der Waals surface area contributed by atoms with Crippen LogP contribution in [-0.2, 0) is 17.1 Å². The molecule has 4 rings (SSSR count). The van der Waals surface area contributed by atoms with Gasteiger partial charge in [-0.3, -0.25) is 0 Å².